The highest BCUT2D eigenvalue weighted by Crippen LogP contribution is 2.14. The predicted octanol–water partition coefficient (Wildman–Crippen LogP) is 1.96. The van der Waals surface area contributed by atoms with Crippen LogP contribution in [0, 0.1) is 0 Å². The minimum Gasteiger partial charge on any atom is -0.497 e. The molecular formula is C13H13NO3. The van der Waals surface area contributed by atoms with Crippen LogP contribution in [0.2, 0.25) is 0 Å². The van der Waals surface area contributed by atoms with Gasteiger partial charge in [0.2, 0.25) is 0 Å². The highest BCUT2D eigenvalue weighted by Gasteiger charge is 1.98. The van der Waals surface area contributed by atoms with Crippen molar-refractivity contribution < 1.29 is 9.47 Å². The topological polar surface area (TPSA) is 51.3 Å². The van der Waals surface area contributed by atoms with E-state index in [1.807, 2.05) is 24.3 Å². The van der Waals surface area contributed by atoms with Gasteiger partial charge in [-0.1, -0.05) is 18.2 Å². The number of methoxy groups -OCH3 is 1. The average molecular weight is 231 g/mol. The molecule has 0 aliphatic heterocycles. The van der Waals surface area contributed by atoms with E-state index in [1.54, 1.807) is 19.2 Å². The van der Waals surface area contributed by atoms with Crippen LogP contribution < -0.4 is 15.0 Å². The van der Waals surface area contributed by atoms with Gasteiger partial charge in [-0.25, -0.2) is 0 Å². The van der Waals surface area contributed by atoms with Crippen molar-refractivity contribution in [3.8, 4) is 11.6 Å². The van der Waals surface area contributed by atoms with Gasteiger partial charge in [0.25, 0.3) is 5.56 Å². The standard InChI is InChI=1S/C13H13NO3/c1-16-11-5-2-4-10(8-11)9-17-13-7-3-6-12(15)14-13/h2-8H,9H2,1H3,(H,14,15). The lowest BCUT2D eigenvalue weighted by molar-refractivity contribution is 0.292. The molecule has 0 fully saturated rings. The first-order chi connectivity index (χ1) is 8.28. The minimum atomic E-state index is -0.173. The first-order valence-corrected chi connectivity index (χ1v) is 5.23. The molecule has 1 N–H and O–H groups in total. The van der Waals surface area contributed by atoms with E-state index in [0.29, 0.717) is 12.5 Å². The number of H-pyrrole nitrogens is 1. The van der Waals surface area contributed by atoms with Gasteiger partial charge in [-0.3, -0.25) is 9.78 Å². The molecule has 88 valence electrons. The lowest BCUT2D eigenvalue weighted by atomic mass is 10.2. The van der Waals surface area contributed by atoms with Crippen LogP contribution in [0.25, 0.3) is 0 Å². The fourth-order valence-corrected chi connectivity index (χ4v) is 1.44. The second-order valence-corrected chi connectivity index (χ2v) is 3.52. The SMILES string of the molecule is COc1cccc(COc2cccc(=O)[nH]2)c1. The van der Waals surface area contributed by atoms with E-state index in [1.165, 1.54) is 6.07 Å². The largest absolute Gasteiger partial charge is 0.497 e. The molecule has 0 bridgehead atoms. The summed E-state index contributed by atoms with van der Waals surface area (Å²) in [6, 6.07) is 12.4. The Balaban J connectivity index is 2.04. The average Bonchev–Trinajstić information content (AvgIpc) is 2.37. The monoisotopic (exact) mass is 231 g/mol. The van der Waals surface area contributed by atoms with Crippen LogP contribution in [0.1, 0.15) is 5.56 Å². The Morgan fingerprint density at radius 2 is 2.00 bits per heavy atom. The third-order valence-corrected chi connectivity index (χ3v) is 2.27. The van der Waals surface area contributed by atoms with Crippen LogP contribution in [0.5, 0.6) is 11.6 Å². The third kappa shape index (κ3) is 3.11. The van der Waals surface area contributed by atoms with E-state index in [4.69, 9.17) is 9.47 Å². The summed E-state index contributed by atoms with van der Waals surface area (Å²) in [5.74, 6) is 1.24. The van der Waals surface area contributed by atoms with Gasteiger partial charge in [0.05, 0.1) is 7.11 Å². The lowest BCUT2D eigenvalue weighted by Crippen LogP contribution is -2.06. The summed E-state index contributed by atoms with van der Waals surface area (Å²) in [6.45, 7) is 0.386. The van der Waals surface area contributed by atoms with Crippen LogP contribution in [-0.2, 0) is 6.61 Å². The van der Waals surface area contributed by atoms with Crippen molar-refractivity contribution in [3.63, 3.8) is 0 Å². The number of ether oxygens (including phenoxy) is 2. The number of hydrogen-bond donors (Lipinski definition) is 1. The molecule has 0 aliphatic carbocycles. The highest BCUT2D eigenvalue weighted by atomic mass is 16.5. The van der Waals surface area contributed by atoms with E-state index in [9.17, 15) is 4.79 Å². The van der Waals surface area contributed by atoms with Crippen molar-refractivity contribution in [1.29, 1.82) is 0 Å². The van der Waals surface area contributed by atoms with E-state index in [0.717, 1.165) is 11.3 Å². The number of rotatable bonds is 4. The summed E-state index contributed by atoms with van der Waals surface area (Å²) in [7, 11) is 1.62. The first kappa shape index (κ1) is 11.3. The van der Waals surface area contributed by atoms with Crippen LogP contribution in [0.4, 0.5) is 0 Å². The number of pyridine rings is 1. The molecular weight excluding hydrogens is 218 g/mol. The number of nitrogens with one attached hydrogen (secondary N) is 1. The quantitative estimate of drug-likeness (QED) is 0.875. The Kier molecular flexibility index (Phi) is 3.45. The second-order valence-electron chi connectivity index (χ2n) is 3.52. The molecule has 4 nitrogen and oxygen atoms in total. The summed E-state index contributed by atoms with van der Waals surface area (Å²) in [4.78, 5) is 13.6. The fraction of sp³-hybridized carbons (Fsp3) is 0.154. The summed E-state index contributed by atoms with van der Waals surface area (Å²) < 4.78 is 10.6. The maximum atomic E-state index is 11.0. The molecule has 1 heterocycles. The van der Waals surface area contributed by atoms with Gasteiger partial charge in [-0.15, -0.1) is 0 Å². The lowest BCUT2D eigenvalue weighted by Gasteiger charge is -2.06. The van der Waals surface area contributed by atoms with Crippen molar-refractivity contribution in [2.75, 3.05) is 7.11 Å². The third-order valence-electron chi connectivity index (χ3n) is 2.27. The first-order valence-electron chi connectivity index (χ1n) is 5.23. The van der Waals surface area contributed by atoms with Gasteiger partial charge in [0.1, 0.15) is 12.4 Å². The molecule has 2 aromatic rings. The molecule has 0 aliphatic rings. The van der Waals surface area contributed by atoms with Crippen molar-refractivity contribution in [2.24, 2.45) is 0 Å². The minimum absolute atomic E-state index is 0.173. The zero-order valence-electron chi connectivity index (χ0n) is 9.47. The summed E-state index contributed by atoms with van der Waals surface area (Å²) in [5.41, 5.74) is 0.808. The Labute approximate surface area is 98.8 Å². The molecule has 0 radical (unpaired) electrons. The maximum absolute atomic E-state index is 11.0. The van der Waals surface area contributed by atoms with Crippen molar-refractivity contribution in [1.82, 2.24) is 4.98 Å². The Hall–Kier alpha value is -2.23. The van der Waals surface area contributed by atoms with Crippen LogP contribution in [-0.4, -0.2) is 12.1 Å². The van der Waals surface area contributed by atoms with E-state index >= 15 is 0 Å². The molecule has 0 saturated carbocycles. The molecule has 1 aromatic heterocycles. The van der Waals surface area contributed by atoms with Crippen molar-refractivity contribution in [2.45, 2.75) is 6.61 Å². The molecule has 2 rings (SSSR count). The normalized spacial score (nSPS) is 9.94. The number of aromatic amines is 1. The van der Waals surface area contributed by atoms with Gasteiger partial charge >= 0.3 is 0 Å². The van der Waals surface area contributed by atoms with Gasteiger partial charge in [-0.05, 0) is 23.8 Å². The number of aromatic nitrogens is 1. The smallest absolute Gasteiger partial charge is 0.250 e. The zero-order chi connectivity index (χ0) is 12.1. The maximum Gasteiger partial charge on any atom is 0.250 e. The molecule has 0 amide bonds. The molecule has 0 spiro atoms. The van der Waals surface area contributed by atoms with E-state index < -0.39 is 0 Å². The van der Waals surface area contributed by atoms with Crippen LogP contribution in [0.15, 0.2) is 47.3 Å². The molecule has 0 unspecified atom stereocenters. The Morgan fingerprint density at radius 1 is 1.18 bits per heavy atom. The van der Waals surface area contributed by atoms with E-state index in [2.05, 4.69) is 4.98 Å². The summed E-state index contributed by atoms with van der Waals surface area (Å²) in [5, 5.41) is 0. The second kappa shape index (κ2) is 5.21. The summed E-state index contributed by atoms with van der Waals surface area (Å²) >= 11 is 0. The van der Waals surface area contributed by atoms with Gasteiger partial charge in [0.15, 0.2) is 5.88 Å². The van der Waals surface area contributed by atoms with Gasteiger partial charge in [-0.2, -0.15) is 0 Å². The van der Waals surface area contributed by atoms with E-state index in [-0.39, 0.29) is 5.56 Å². The van der Waals surface area contributed by atoms with Crippen LogP contribution >= 0.6 is 0 Å². The van der Waals surface area contributed by atoms with Crippen LogP contribution in [0.3, 0.4) is 0 Å². The molecule has 0 atom stereocenters. The Morgan fingerprint density at radius 3 is 2.76 bits per heavy atom. The fourth-order valence-electron chi connectivity index (χ4n) is 1.44. The number of hydrogen-bond acceptors (Lipinski definition) is 3. The zero-order valence-corrected chi connectivity index (χ0v) is 9.47. The van der Waals surface area contributed by atoms with Gasteiger partial charge < -0.3 is 9.47 Å². The molecule has 1 aromatic carbocycles. The van der Waals surface area contributed by atoms with Crippen molar-refractivity contribution in [3.05, 3.63) is 58.4 Å². The van der Waals surface area contributed by atoms with Crippen molar-refractivity contribution >= 4 is 0 Å². The predicted molar refractivity (Wildman–Crippen MR) is 64.4 cm³/mol. The van der Waals surface area contributed by atoms with Gasteiger partial charge in [0, 0.05) is 6.07 Å². The molecule has 0 saturated heterocycles. The number of benzene rings is 1. The molecule has 17 heavy (non-hydrogen) atoms. The Bertz CT molecular complexity index is 548. The highest BCUT2D eigenvalue weighted by molar-refractivity contribution is 5.28. The molecule has 4 heteroatoms. The summed E-state index contributed by atoms with van der Waals surface area (Å²) in [6.07, 6.45) is 0.